The standard InChI is InChI=1S/C21H19N3O4/c1-13(25)23-19-7-5-4-6-17(19)21(20(23)27)12-18(22-24(21)14(2)26)15-8-10-16(28-3)11-9-15/h4-11H,12H2,1-3H3. The minimum absolute atomic E-state index is 0.193. The van der Waals surface area contributed by atoms with E-state index in [1.165, 1.54) is 18.9 Å². The number of fused-ring (bicyclic) bond motifs is 2. The van der Waals surface area contributed by atoms with E-state index in [2.05, 4.69) is 5.10 Å². The smallest absolute Gasteiger partial charge is 0.266 e. The molecule has 0 bridgehead atoms. The quantitative estimate of drug-likeness (QED) is 0.805. The molecule has 0 saturated heterocycles. The third-order valence-electron chi connectivity index (χ3n) is 5.19. The molecule has 142 valence electrons. The van der Waals surface area contributed by atoms with Crippen LogP contribution in [0, 0.1) is 0 Å². The van der Waals surface area contributed by atoms with E-state index in [0.29, 0.717) is 22.7 Å². The van der Waals surface area contributed by atoms with E-state index in [0.717, 1.165) is 10.5 Å². The molecular weight excluding hydrogens is 358 g/mol. The maximum absolute atomic E-state index is 13.4. The summed E-state index contributed by atoms with van der Waals surface area (Å²) in [6.07, 6.45) is 0.193. The summed E-state index contributed by atoms with van der Waals surface area (Å²) in [6, 6.07) is 14.3. The number of anilines is 1. The fourth-order valence-electron chi connectivity index (χ4n) is 3.96. The van der Waals surface area contributed by atoms with Gasteiger partial charge in [0.1, 0.15) is 5.75 Å². The van der Waals surface area contributed by atoms with Gasteiger partial charge in [0.05, 0.1) is 18.5 Å². The van der Waals surface area contributed by atoms with Crippen LogP contribution in [0.25, 0.3) is 0 Å². The van der Waals surface area contributed by atoms with Gasteiger partial charge in [-0.15, -0.1) is 0 Å². The molecule has 2 aliphatic rings. The minimum atomic E-state index is -1.34. The molecule has 0 aliphatic carbocycles. The van der Waals surface area contributed by atoms with Crippen molar-refractivity contribution in [1.82, 2.24) is 5.01 Å². The number of hydrazone groups is 1. The summed E-state index contributed by atoms with van der Waals surface area (Å²) in [5, 5.41) is 5.71. The molecular formula is C21H19N3O4. The van der Waals surface area contributed by atoms with Gasteiger partial charge in [0.25, 0.3) is 5.91 Å². The minimum Gasteiger partial charge on any atom is -0.497 e. The SMILES string of the molecule is COc1ccc(C2=NN(C(C)=O)C3(C2)C(=O)N(C(C)=O)c2ccccc23)cc1. The van der Waals surface area contributed by atoms with E-state index in [1.54, 1.807) is 43.5 Å². The summed E-state index contributed by atoms with van der Waals surface area (Å²) in [4.78, 5) is 39.2. The van der Waals surface area contributed by atoms with Crippen LogP contribution in [0.4, 0.5) is 5.69 Å². The molecule has 1 unspecified atom stereocenters. The van der Waals surface area contributed by atoms with E-state index < -0.39 is 17.4 Å². The number of hydrogen-bond donors (Lipinski definition) is 0. The molecule has 7 heteroatoms. The lowest BCUT2D eigenvalue weighted by atomic mass is 9.85. The van der Waals surface area contributed by atoms with E-state index in [9.17, 15) is 14.4 Å². The number of nitrogens with zero attached hydrogens (tertiary/aromatic N) is 3. The molecule has 0 radical (unpaired) electrons. The lowest BCUT2D eigenvalue weighted by Crippen LogP contribution is -2.51. The second-order valence-corrected chi connectivity index (χ2v) is 6.82. The van der Waals surface area contributed by atoms with Crippen molar-refractivity contribution in [2.75, 3.05) is 12.0 Å². The van der Waals surface area contributed by atoms with Crippen LogP contribution in [0.3, 0.4) is 0 Å². The number of ether oxygens (including phenoxy) is 1. The monoisotopic (exact) mass is 377 g/mol. The van der Waals surface area contributed by atoms with E-state index in [-0.39, 0.29) is 12.3 Å². The van der Waals surface area contributed by atoms with Crippen molar-refractivity contribution in [3.63, 3.8) is 0 Å². The third kappa shape index (κ3) is 2.36. The van der Waals surface area contributed by atoms with Crippen LogP contribution in [0.5, 0.6) is 5.75 Å². The van der Waals surface area contributed by atoms with Gasteiger partial charge in [0, 0.05) is 25.8 Å². The number of rotatable bonds is 2. The Bertz CT molecular complexity index is 1030. The van der Waals surface area contributed by atoms with Crippen molar-refractivity contribution < 1.29 is 19.1 Å². The molecule has 0 N–H and O–H groups in total. The summed E-state index contributed by atoms with van der Waals surface area (Å²) in [5.74, 6) is -0.512. The Kier molecular flexibility index (Phi) is 4.03. The molecule has 3 amide bonds. The Labute approximate surface area is 162 Å². The number of para-hydroxylation sites is 1. The first-order chi connectivity index (χ1) is 13.4. The second-order valence-electron chi connectivity index (χ2n) is 6.82. The van der Waals surface area contributed by atoms with Crippen LogP contribution in [-0.2, 0) is 19.9 Å². The van der Waals surface area contributed by atoms with Gasteiger partial charge in [-0.05, 0) is 35.9 Å². The fraction of sp³-hybridized carbons (Fsp3) is 0.238. The van der Waals surface area contributed by atoms with Crippen LogP contribution < -0.4 is 9.64 Å². The van der Waals surface area contributed by atoms with E-state index >= 15 is 0 Å². The molecule has 2 aliphatic heterocycles. The predicted octanol–water partition coefficient (Wildman–Crippen LogP) is 2.44. The molecule has 1 atom stereocenters. The van der Waals surface area contributed by atoms with Crippen LogP contribution in [0.2, 0.25) is 0 Å². The van der Waals surface area contributed by atoms with Crippen molar-refractivity contribution in [1.29, 1.82) is 0 Å². The Morgan fingerprint density at radius 3 is 2.32 bits per heavy atom. The van der Waals surface area contributed by atoms with Gasteiger partial charge in [0.15, 0.2) is 5.54 Å². The molecule has 0 fully saturated rings. The van der Waals surface area contributed by atoms with Crippen LogP contribution in [-0.4, -0.2) is 35.6 Å². The Balaban J connectivity index is 1.86. The van der Waals surface area contributed by atoms with Crippen molar-refractivity contribution in [3.8, 4) is 5.75 Å². The average molecular weight is 377 g/mol. The molecule has 4 rings (SSSR count). The topological polar surface area (TPSA) is 79.3 Å². The summed E-state index contributed by atoms with van der Waals surface area (Å²) >= 11 is 0. The second kappa shape index (κ2) is 6.30. The third-order valence-corrected chi connectivity index (χ3v) is 5.19. The van der Waals surface area contributed by atoms with E-state index in [1.807, 2.05) is 12.1 Å². The molecule has 2 aromatic rings. The van der Waals surface area contributed by atoms with Crippen molar-refractivity contribution in [2.24, 2.45) is 5.10 Å². The Morgan fingerprint density at radius 2 is 1.71 bits per heavy atom. The Hall–Kier alpha value is -3.48. The van der Waals surface area contributed by atoms with Gasteiger partial charge in [-0.2, -0.15) is 5.10 Å². The molecule has 2 heterocycles. The zero-order valence-electron chi connectivity index (χ0n) is 15.8. The number of carbonyl (C=O) groups is 3. The molecule has 0 saturated carbocycles. The van der Waals surface area contributed by atoms with Crippen LogP contribution in [0.1, 0.15) is 31.4 Å². The van der Waals surface area contributed by atoms with Crippen LogP contribution >= 0.6 is 0 Å². The molecule has 28 heavy (non-hydrogen) atoms. The highest BCUT2D eigenvalue weighted by Gasteiger charge is 2.60. The number of carbonyl (C=O) groups excluding carboxylic acids is 3. The summed E-state index contributed by atoms with van der Waals surface area (Å²) in [6.45, 7) is 2.71. The maximum Gasteiger partial charge on any atom is 0.266 e. The van der Waals surface area contributed by atoms with Crippen molar-refractivity contribution in [2.45, 2.75) is 25.8 Å². The molecule has 1 spiro atoms. The van der Waals surface area contributed by atoms with Gasteiger partial charge in [0.2, 0.25) is 11.8 Å². The highest BCUT2D eigenvalue weighted by Crippen LogP contribution is 2.49. The number of amides is 3. The number of imide groups is 1. The first kappa shape index (κ1) is 17.9. The van der Waals surface area contributed by atoms with Gasteiger partial charge in [-0.1, -0.05) is 18.2 Å². The zero-order chi connectivity index (χ0) is 20.1. The molecule has 2 aromatic carbocycles. The normalized spacial score (nSPS) is 20.4. The average Bonchev–Trinajstić information content (AvgIpc) is 3.20. The fourth-order valence-corrected chi connectivity index (χ4v) is 3.96. The van der Waals surface area contributed by atoms with Gasteiger partial charge in [-0.3, -0.25) is 14.4 Å². The summed E-state index contributed by atoms with van der Waals surface area (Å²) < 4.78 is 5.19. The molecule has 0 aromatic heterocycles. The van der Waals surface area contributed by atoms with Crippen molar-refractivity contribution in [3.05, 3.63) is 59.7 Å². The summed E-state index contributed by atoms with van der Waals surface area (Å²) in [7, 11) is 1.58. The predicted molar refractivity (Wildman–Crippen MR) is 103 cm³/mol. The highest BCUT2D eigenvalue weighted by molar-refractivity contribution is 6.25. The largest absolute Gasteiger partial charge is 0.497 e. The van der Waals surface area contributed by atoms with Crippen LogP contribution in [0.15, 0.2) is 53.6 Å². The number of benzene rings is 2. The molecule has 7 nitrogen and oxygen atoms in total. The van der Waals surface area contributed by atoms with Gasteiger partial charge >= 0.3 is 0 Å². The first-order valence-corrected chi connectivity index (χ1v) is 8.87. The van der Waals surface area contributed by atoms with Gasteiger partial charge in [-0.25, -0.2) is 9.91 Å². The summed E-state index contributed by atoms with van der Waals surface area (Å²) in [5.41, 5.74) is 1.15. The first-order valence-electron chi connectivity index (χ1n) is 8.87. The van der Waals surface area contributed by atoms with E-state index in [4.69, 9.17) is 4.74 Å². The lowest BCUT2D eigenvalue weighted by molar-refractivity contribution is -0.144. The lowest BCUT2D eigenvalue weighted by Gasteiger charge is -2.30. The Morgan fingerprint density at radius 1 is 1.04 bits per heavy atom. The maximum atomic E-state index is 13.4. The number of methoxy groups -OCH3 is 1. The highest BCUT2D eigenvalue weighted by atomic mass is 16.5. The zero-order valence-corrected chi connectivity index (χ0v) is 15.8. The van der Waals surface area contributed by atoms with Gasteiger partial charge < -0.3 is 4.74 Å². The van der Waals surface area contributed by atoms with Crippen molar-refractivity contribution >= 4 is 29.1 Å². The number of hydrogen-bond acceptors (Lipinski definition) is 5.